The Balaban J connectivity index is 1.56. The first-order chi connectivity index (χ1) is 11.6. The predicted octanol–water partition coefficient (Wildman–Crippen LogP) is 0.485. The molecule has 3 heterocycles. The lowest BCUT2D eigenvalue weighted by Crippen LogP contribution is -2.52. The summed E-state index contributed by atoms with van der Waals surface area (Å²) >= 11 is 0. The summed E-state index contributed by atoms with van der Waals surface area (Å²) < 4.78 is 37.0. The van der Waals surface area contributed by atoms with Crippen LogP contribution in [0.15, 0.2) is 36.0 Å². The Hall–Kier alpha value is -1.71. The van der Waals surface area contributed by atoms with Crippen LogP contribution in [0.1, 0.15) is 12.8 Å². The Labute approximate surface area is 141 Å². The third-order valence-corrected chi connectivity index (χ3v) is 6.71. The van der Waals surface area contributed by atoms with Crippen molar-refractivity contribution in [3.63, 3.8) is 0 Å². The van der Waals surface area contributed by atoms with Gasteiger partial charge >= 0.3 is 0 Å². The number of imidazole rings is 1. The number of rotatable bonds is 4. The topological polar surface area (TPSA) is 82.3 Å². The highest BCUT2D eigenvalue weighted by atomic mass is 32.2. The first-order valence-corrected chi connectivity index (χ1v) is 9.58. The fraction of sp³-hybridized carbons (Fsp3) is 0.600. The molecule has 0 amide bonds. The number of hydrogen-bond donors (Lipinski definition) is 0. The third-order valence-electron chi connectivity index (χ3n) is 4.90. The number of aromatic nitrogens is 4. The number of ether oxygens (including phenoxy) is 1. The van der Waals surface area contributed by atoms with Crippen LogP contribution in [-0.2, 0) is 28.4 Å². The highest BCUT2D eigenvalue weighted by molar-refractivity contribution is 7.89. The van der Waals surface area contributed by atoms with Crippen molar-refractivity contribution in [3.05, 3.63) is 31.0 Å². The minimum Gasteiger partial charge on any atom is -0.375 e. The van der Waals surface area contributed by atoms with Crippen LogP contribution in [0.3, 0.4) is 0 Å². The van der Waals surface area contributed by atoms with Gasteiger partial charge in [-0.1, -0.05) is 0 Å². The first kappa shape index (κ1) is 15.8. The first-order valence-electron chi connectivity index (χ1n) is 8.14. The Morgan fingerprint density at radius 3 is 2.96 bits per heavy atom. The maximum absolute atomic E-state index is 12.9. The van der Waals surface area contributed by atoms with Crippen molar-refractivity contribution >= 4 is 10.0 Å². The summed E-state index contributed by atoms with van der Waals surface area (Å²) in [6.45, 7) is 1.56. The van der Waals surface area contributed by atoms with Gasteiger partial charge in [0.2, 0.25) is 0 Å². The standard InChI is InChI=1S/C15H21N5O3S/c1-18-10-14(16-11-18)24(21,22)20-7-8-23-15-12(3-4-13(15)20)9-19-6-2-5-17-19/h2,5-6,10-13,15H,3-4,7-9H2,1H3. The zero-order valence-electron chi connectivity index (χ0n) is 13.5. The number of morpholine rings is 1. The molecule has 24 heavy (non-hydrogen) atoms. The Kier molecular flexibility index (Phi) is 3.93. The maximum Gasteiger partial charge on any atom is 0.262 e. The highest BCUT2D eigenvalue weighted by Gasteiger charge is 2.47. The van der Waals surface area contributed by atoms with Gasteiger partial charge in [0, 0.05) is 44.6 Å². The van der Waals surface area contributed by atoms with E-state index in [-0.39, 0.29) is 23.1 Å². The van der Waals surface area contributed by atoms with Crippen LogP contribution in [0, 0.1) is 5.92 Å². The predicted molar refractivity (Wildman–Crippen MR) is 85.6 cm³/mol. The number of nitrogens with zero attached hydrogens (tertiary/aromatic N) is 5. The fourth-order valence-electron chi connectivity index (χ4n) is 3.81. The molecule has 8 nitrogen and oxygen atoms in total. The lowest BCUT2D eigenvalue weighted by Gasteiger charge is -2.37. The SMILES string of the molecule is Cn1cnc(S(=O)(=O)N2CCOC3C(Cn4cccn4)CCC32)c1. The monoisotopic (exact) mass is 351 g/mol. The van der Waals surface area contributed by atoms with E-state index in [2.05, 4.69) is 10.1 Å². The summed E-state index contributed by atoms with van der Waals surface area (Å²) in [6, 6.07) is 1.78. The van der Waals surface area contributed by atoms with Crippen molar-refractivity contribution in [2.45, 2.75) is 36.6 Å². The highest BCUT2D eigenvalue weighted by Crippen LogP contribution is 2.37. The Morgan fingerprint density at radius 2 is 2.25 bits per heavy atom. The molecule has 2 aliphatic rings. The van der Waals surface area contributed by atoms with E-state index >= 15 is 0 Å². The van der Waals surface area contributed by atoms with Crippen molar-refractivity contribution in [3.8, 4) is 0 Å². The van der Waals surface area contributed by atoms with Crippen molar-refractivity contribution in [1.29, 1.82) is 0 Å². The molecule has 3 unspecified atom stereocenters. The maximum atomic E-state index is 12.9. The molecule has 0 bridgehead atoms. The second-order valence-electron chi connectivity index (χ2n) is 6.46. The Morgan fingerprint density at radius 1 is 1.38 bits per heavy atom. The second kappa shape index (κ2) is 5.98. The van der Waals surface area contributed by atoms with Crippen molar-refractivity contribution < 1.29 is 13.2 Å². The van der Waals surface area contributed by atoms with Gasteiger partial charge in [0.05, 0.1) is 25.1 Å². The molecule has 0 N–H and O–H groups in total. The lowest BCUT2D eigenvalue weighted by molar-refractivity contribution is -0.0491. The van der Waals surface area contributed by atoms with Gasteiger partial charge in [-0.3, -0.25) is 4.68 Å². The molecule has 1 aliphatic heterocycles. The molecule has 1 saturated heterocycles. The molecule has 0 spiro atoms. The van der Waals surface area contributed by atoms with Gasteiger partial charge in [0.25, 0.3) is 10.0 Å². The summed E-state index contributed by atoms with van der Waals surface area (Å²) in [5.41, 5.74) is 0. The second-order valence-corrected chi connectivity index (χ2v) is 8.30. The summed E-state index contributed by atoms with van der Waals surface area (Å²) in [6.07, 6.45) is 8.41. The van der Waals surface area contributed by atoms with E-state index in [9.17, 15) is 8.42 Å². The minimum atomic E-state index is -3.58. The summed E-state index contributed by atoms with van der Waals surface area (Å²) in [5.74, 6) is 0.275. The van der Waals surface area contributed by atoms with Crippen molar-refractivity contribution in [1.82, 2.24) is 23.6 Å². The van der Waals surface area contributed by atoms with Crippen molar-refractivity contribution in [2.75, 3.05) is 13.2 Å². The smallest absolute Gasteiger partial charge is 0.262 e. The van der Waals surface area contributed by atoms with E-state index in [1.54, 1.807) is 28.3 Å². The van der Waals surface area contributed by atoms with E-state index in [1.807, 2.05) is 16.9 Å². The van der Waals surface area contributed by atoms with E-state index in [0.29, 0.717) is 13.2 Å². The average Bonchev–Trinajstić information content (AvgIpc) is 3.29. The zero-order chi connectivity index (χ0) is 16.7. The average molecular weight is 351 g/mol. The molecule has 2 aromatic rings. The zero-order valence-corrected chi connectivity index (χ0v) is 14.3. The number of sulfonamides is 1. The van der Waals surface area contributed by atoms with Gasteiger partial charge in [-0.25, -0.2) is 13.4 Å². The van der Waals surface area contributed by atoms with Crippen LogP contribution >= 0.6 is 0 Å². The van der Waals surface area contributed by atoms with E-state index in [4.69, 9.17) is 4.74 Å². The van der Waals surface area contributed by atoms with Crippen LogP contribution in [-0.4, -0.2) is 57.4 Å². The van der Waals surface area contributed by atoms with Crippen LogP contribution in [0.25, 0.3) is 0 Å². The van der Waals surface area contributed by atoms with Gasteiger partial charge in [-0.2, -0.15) is 9.40 Å². The molecule has 2 aromatic heterocycles. The van der Waals surface area contributed by atoms with Crippen LogP contribution in [0.5, 0.6) is 0 Å². The number of hydrogen-bond acceptors (Lipinski definition) is 5. The van der Waals surface area contributed by atoms with Gasteiger partial charge in [-0.15, -0.1) is 0 Å². The summed E-state index contributed by atoms with van der Waals surface area (Å²) in [4.78, 5) is 4.04. The number of aryl methyl sites for hydroxylation is 1. The molecule has 2 fully saturated rings. The normalized spacial score (nSPS) is 28.1. The largest absolute Gasteiger partial charge is 0.375 e. The molecule has 4 rings (SSSR count). The third kappa shape index (κ3) is 2.66. The van der Waals surface area contributed by atoms with Crippen molar-refractivity contribution in [2.24, 2.45) is 13.0 Å². The molecular formula is C15H21N5O3S. The van der Waals surface area contributed by atoms with Gasteiger partial charge in [0.1, 0.15) is 0 Å². The molecular weight excluding hydrogens is 330 g/mol. The Bertz CT molecular complexity index is 801. The van der Waals surface area contributed by atoms with E-state index < -0.39 is 10.0 Å². The van der Waals surface area contributed by atoms with Crippen LogP contribution in [0.2, 0.25) is 0 Å². The lowest BCUT2D eigenvalue weighted by atomic mass is 10.0. The van der Waals surface area contributed by atoms with Crippen LogP contribution < -0.4 is 0 Å². The van der Waals surface area contributed by atoms with Crippen LogP contribution in [0.4, 0.5) is 0 Å². The van der Waals surface area contributed by atoms with Gasteiger partial charge in [0.15, 0.2) is 5.03 Å². The van der Waals surface area contributed by atoms with Gasteiger partial charge in [-0.05, 0) is 18.9 Å². The minimum absolute atomic E-state index is 0.0820. The van der Waals surface area contributed by atoms with Gasteiger partial charge < -0.3 is 9.30 Å². The van der Waals surface area contributed by atoms with E-state index in [1.165, 1.54) is 6.33 Å². The quantitative estimate of drug-likeness (QED) is 0.800. The molecule has 1 aliphatic carbocycles. The molecule has 130 valence electrons. The molecule has 3 atom stereocenters. The number of fused-ring (bicyclic) bond motifs is 1. The van der Waals surface area contributed by atoms with E-state index in [0.717, 1.165) is 19.4 Å². The fourth-order valence-corrected chi connectivity index (χ4v) is 5.43. The molecule has 1 saturated carbocycles. The summed E-state index contributed by atoms with van der Waals surface area (Å²) in [5, 5.41) is 4.36. The summed E-state index contributed by atoms with van der Waals surface area (Å²) in [7, 11) is -1.81. The molecule has 0 aromatic carbocycles. The molecule has 0 radical (unpaired) electrons. The molecule has 9 heteroatoms.